The average Bonchev–Trinajstić information content (AvgIpc) is 3.34. The first kappa shape index (κ1) is 21.3. The molecule has 0 aromatic carbocycles. The molecule has 2 atom stereocenters. The largest absolute Gasteiger partial charge is 0.343 e. The monoisotopic (exact) mass is 342 g/mol. The molecule has 3 fully saturated rings. The van der Waals surface area contributed by atoms with E-state index in [1.807, 2.05) is 0 Å². The van der Waals surface area contributed by atoms with Crippen LogP contribution in [0.15, 0.2) is 0 Å². The predicted molar refractivity (Wildman–Crippen MR) is 100 cm³/mol. The number of likely N-dealkylation sites (N-methyl/N-ethyl adjacent to an activating group) is 4. The first-order chi connectivity index (χ1) is 11.5. The number of nitrogens with one attached hydrogen (secondary N) is 1. The number of hydrogen-bond donors (Lipinski definition) is 1. The van der Waals surface area contributed by atoms with Crippen LogP contribution in [0.2, 0.25) is 0 Å². The fraction of sp³-hybridized carbons (Fsp3) is 0.941. The van der Waals surface area contributed by atoms with E-state index in [9.17, 15) is 4.79 Å². The van der Waals surface area contributed by atoms with Crippen LogP contribution in [0.25, 0.3) is 0 Å². The fourth-order valence-electron chi connectivity index (χ4n) is 2.60. The number of carbonyl (C=O) groups excluding carboxylic acids is 1. The molecule has 0 spiro atoms. The fourth-order valence-corrected chi connectivity index (χ4v) is 2.60. The molecule has 142 valence electrons. The van der Waals surface area contributed by atoms with Gasteiger partial charge in [0.2, 0.25) is 6.41 Å². The molecule has 3 saturated heterocycles. The summed E-state index contributed by atoms with van der Waals surface area (Å²) < 4.78 is 0. The summed E-state index contributed by atoms with van der Waals surface area (Å²) in [6.45, 7) is 13.1. The van der Waals surface area contributed by atoms with Crippen LogP contribution in [0.4, 0.5) is 0 Å². The summed E-state index contributed by atoms with van der Waals surface area (Å²) in [6, 6.07) is 0. The number of rotatable bonds is 3. The molecule has 1 N–H and O–H groups in total. The van der Waals surface area contributed by atoms with Crippen molar-refractivity contribution in [1.29, 1.82) is 0 Å². The van der Waals surface area contributed by atoms with E-state index in [1.165, 1.54) is 19.6 Å². The molecule has 3 rings (SSSR count). The first-order valence-electron chi connectivity index (χ1n) is 9.15. The van der Waals surface area contributed by atoms with E-state index in [2.05, 4.69) is 60.0 Å². The van der Waals surface area contributed by atoms with Gasteiger partial charge in [-0.25, -0.2) is 0 Å². The van der Waals surface area contributed by atoms with Crippen molar-refractivity contribution < 1.29 is 4.79 Å². The molecule has 0 bridgehead atoms. The zero-order valence-electron chi connectivity index (χ0n) is 16.4. The number of nitrogens with zero attached hydrogens (tertiary/aromatic N) is 5. The molecule has 7 nitrogen and oxygen atoms in total. The number of piperazine rings is 2. The Morgan fingerprint density at radius 2 is 1.50 bits per heavy atom. The van der Waals surface area contributed by atoms with E-state index < -0.39 is 0 Å². The molecule has 7 heteroatoms. The minimum Gasteiger partial charge on any atom is -0.343 e. The molecular weight excluding hydrogens is 304 g/mol. The van der Waals surface area contributed by atoms with Gasteiger partial charge in [-0.1, -0.05) is 6.92 Å². The zero-order valence-corrected chi connectivity index (χ0v) is 16.4. The zero-order chi connectivity index (χ0) is 17.9. The molecule has 2 unspecified atom stereocenters. The minimum absolute atomic E-state index is 0.750. The second kappa shape index (κ2) is 11.8. The second-order valence-electron chi connectivity index (χ2n) is 6.99. The van der Waals surface area contributed by atoms with Crippen molar-refractivity contribution in [2.45, 2.75) is 13.1 Å². The summed E-state index contributed by atoms with van der Waals surface area (Å²) in [4.78, 5) is 21.2. The van der Waals surface area contributed by atoms with Crippen molar-refractivity contribution >= 4 is 6.41 Å². The third kappa shape index (κ3) is 8.94. The molecule has 0 aliphatic carbocycles. The summed E-state index contributed by atoms with van der Waals surface area (Å²) in [6.07, 6.45) is 1.67. The van der Waals surface area contributed by atoms with E-state index in [4.69, 9.17) is 0 Å². The number of hydrogen-bond acceptors (Lipinski definition) is 6. The molecule has 3 aliphatic heterocycles. The van der Waals surface area contributed by atoms with Gasteiger partial charge in [-0.15, -0.1) is 0 Å². The summed E-state index contributed by atoms with van der Waals surface area (Å²) in [5.41, 5.74) is 0. The van der Waals surface area contributed by atoms with E-state index in [1.54, 1.807) is 4.90 Å². The summed E-state index contributed by atoms with van der Waals surface area (Å²) in [5, 5.41) is 3.27. The summed E-state index contributed by atoms with van der Waals surface area (Å²) in [5.74, 6) is 0. The normalized spacial score (nSPS) is 27.7. The quantitative estimate of drug-likeness (QED) is 0.531. The van der Waals surface area contributed by atoms with E-state index in [0.717, 1.165) is 58.4 Å². The van der Waals surface area contributed by atoms with Crippen molar-refractivity contribution in [1.82, 2.24) is 29.8 Å². The smallest absolute Gasteiger partial charge is 0.209 e. The molecule has 1 amide bonds. The maximum Gasteiger partial charge on any atom is 0.209 e. The Bertz CT molecular complexity index is 327. The molecule has 0 saturated carbocycles. The molecule has 3 heterocycles. The topological polar surface area (TPSA) is 45.1 Å². The number of amides is 1. The summed E-state index contributed by atoms with van der Waals surface area (Å²) in [7, 11) is 8.54. The van der Waals surface area contributed by atoms with E-state index in [-0.39, 0.29) is 0 Å². The predicted octanol–water partition coefficient (Wildman–Crippen LogP) is -0.879. The van der Waals surface area contributed by atoms with Crippen molar-refractivity contribution in [2.24, 2.45) is 0 Å². The first-order valence-corrected chi connectivity index (χ1v) is 9.15. The standard InChI is InChI=1S/C6H12N2O.C6H14N2.C5H12N2/c1-7-2-4-8(6-9)5-3-7;1-4-7(2)6-5-8(6)3;1-7-4-2-6-3-5-7/h6H,2-5H2,1H3;6H,4-5H2,1-3H3;6H,2-5H2,1H3. The van der Waals surface area contributed by atoms with Crippen LogP contribution in [-0.4, -0.2) is 131 Å². The van der Waals surface area contributed by atoms with Gasteiger partial charge in [0.15, 0.2) is 0 Å². The van der Waals surface area contributed by atoms with Gasteiger partial charge in [0.1, 0.15) is 0 Å². The van der Waals surface area contributed by atoms with Crippen molar-refractivity contribution in [3.8, 4) is 0 Å². The lowest BCUT2D eigenvalue weighted by atomic mass is 10.4. The van der Waals surface area contributed by atoms with Crippen LogP contribution in [-0.2, 0) is 4.79 Å². The molecule has 0 aromatic heterocycles. The van der Waals surface area contributed by atoms with Crippen LogP contribution in [0.5, 0.6) is 0 Å². The Kier molecular flexibility index (Phi) is 10.4. The van der Waals surface area contributed by atoms with Gasteiger partial charge in [-0.05, 0) is 34.7 Å². The van der Waals surface area contributed by atoms with Crippen LogP contribution < -0.4 is 5.32 Å². The Balaban J connectivity index is 0.000000181. The van der Waals surface area contributed by atoms with E-state index in [0.29, 0.717) is 0 Å². The highest BCUT2D eigenvalue weighted by Crippen LogP contribution is 2.15. The highest BCUT2D eigenvalue weighted by atomic mass is 16.1. The average molecular weight is 343 g/mol. The van der Waals surface area contributed by atoms with Gasteiger partial charge >= 0.3 is 0 Å². The van der Waals surface area contributed by atoms with Crippen LogP contribution >= 0.6 is 0 Å². The third-order valence-electron chi connectivity index (χ3n) is 4.86. The van der Waals surface area contributed by atoms with Crippen molar-refractivity contribution in [3.05, 3.63) is 0 Å². The second-order valence-corrected chi connectivity index (χ2v) is 6.99. The third-order valence-corrected chi connectivity index (χ3v) is 4.86. The molecule has 0 aromatic rings. The Morgan fingerprint density at radius 1 is 1.00 bits per heavy atom. The molecule has 24 heavy (non-hydrogen) atoms. The van der Waals surface area contributed by atoms with Gasteiger partial charge in [0, 0.05) is 58.9 Å². The van der Waals surface area contributed by atoms with Gasteiger partial charge in [0.05, 0.1) is 6.17 Å². The molecule has 0 radical (unpaired) electrons. The lowest BCUT2D eigenvalue weighted by Crippen LogP contribution is -2.43. The van der Waals surface area contributed by atoms with Crippen LogP contribution in [0.1, 0.15) is 6.92 Å². The highest BCUT2D eigenvalue weighted by molar-refractivity contribution is 5.47. The minimum atomic E-state index is 0.750. The van der Waals surface area contributed by atoms with Crippen LogP contribution in [0, 0.1) is 0 Å². The maximum absolute atomic E-state index is 10.2. The Labute approximate surface area is 148 Å². The lowest BCUT2D eigenvalue weighted by molar-refractivity contribution is -0.119. The number of carbonyl (C=O) groups is 1. The molecule has 3 aliphatic rings. The van der Waals surface area contributed by atoms with Gasteiger partial charge in [0.25, 0.3) is 0 Å². The SMILES string of the molecule is CCN(C)C1CN1C.CN1CCN(C=O)CC1.CN1CCNCC1. The van der Waals surface area contributed by atoms with Crippen molar-refractivity contribution in [3.63, 3.8) is 0 Å². The van der Waals surface area contributed by atoms with E-state index >= 15 is 0 Å². The van der Waals surface area contributed by atoms with Crippen molar-refractivity contribution in [2.75, 3.05) is 93.6 Å². The van der Waals surface area contributed by atoms with Gasteiger partial charge in [-0.2, -0.15) is 0 Å². The Hall–Kier alpha value is -0.730. The highest BCUT2D eigenvalue weighted by Gasteiger charge is 2.32. The maximum atomic E-state index is 10.2. The Morgan fingerprint density at radius 3 is 1.79 bits per heavy atom. The molecular formula is C17H38N6O. The van der Waals surface area contributed by atoms with Crippen LogP contribution in [0.3, 0.4) is 0 Å². The van der Waals surface area contributed by atoms with Gasteiger partial charge in [-0.3, -0.25) is 14.6 Å². The summed E-state index contributed by atoms with van der Waals surface area (Å²) >= 11 is 0. The van der Waals surface area contributed by atoms with Gasteiger partial charge < -0.3 is 20.0 Å². The lowest BCUT2D eigenvalue weighted by Gasteiger charge is -2.29.